The maximum atomic E-state index is 12.3. The van der Waals surface area contributed by atoms with Gasteiger partial charge in [-0.1, -0.05) is 11.6 Å². The minimum absolute atomic E-state index is 0.000550. The first-order valence-electron chi connectivity index (χ1n) is 8.00. The largest absolute Gasteiger partial charge is 0.444 e. The topological polar surface area (TPSA) is 64.5 Å². The monoisotopic (exact) mass is 375 g/mol. The van der Waals surface area contributed by atoms with Crippen LogP contribution in [-0.4, -0.2) is 45.8 Å². The maximum absolute atomic E-state index is 12.3. The molecule has 134 valence electrons. The highest BCUT2D eigenvalue weighted by molar-refractivity contribution is 6.32. The third kappa shape index (κ3) is 5.76. The molecule has 1 fully saturated rings. The Hall–Kier alpha value is -1.11. The number of carbonyl (C=O) groups excluding carboxylic acids is 1. The molecule has 8 heteroatoms. The van der Waals surface area contributed by atoms with Crippen LogP contribution in [0.15, 0.2) is 6.20 Å². The Morgan fingerprint density at radius 1 is 1.38 bits per heavy atom. The van der Waals surface area contributed by atoms with Gasteiger partial charge in [-0.25, -0.2) is 14.8 Å². The number of nitrogens with zero attached hydrogens (tertiary/aromatic N) is 3. The van der Waals surface area contributed by atoms with Gasteiger partial charge < -0.3 is 14.4 Å². The van der Waals surface area contributed by atoms with Crippen molar-refractivity contribution in [2.24, 2.45) is 0 Å². The molecule has 1 amide bonds. The molecule has 1 aliphatic rings. The summed E-state index contributed by atoms with van der Waals surface area (Å²) < 4.78 is 11.2. The zero-order valence-corrected chi connectivity index (χ0v) is 15.7. The van der Waals surface area contributed by atoms with Crippen LogP contribution >= 0.6 is 23.2 Å². The van der Waals surface area contributed by atoms with Crippen molar-refractivity contribution in [1.29, 1.82) is 0 Å². The van der Waals surface area contributed by atoms with E-state index < -0.39 is 5.60 Å². The molecule has 0 spiro atoms. The number of hydrogen-bond acceptors (Lipinski definition) is 5. The molecular weight excluding hydrogens is 353 g/mol. The van der Waals surface area contributed by atoms with Crippen LogP contribution in [0.25, 0.3) is 0 Å². The number of carbonyl (C=O) groups is 1. The molecular formula is C16H23Cl2N3O3. The van der Waals surface area contributed by atoms with Crippen molar-refractivity contribution in [3.05, 3.63) is 22.2 Å². The highest BCUT2D eigenvalue weighted by Crippen LogP contribution is 2.22. The second-order valence-electron chi connectivity index (χ2n) is 6.79. The molecule has 0 unspecified atom stereocenters. The second-order valence-corrected chi connectivity index (χ2v) is 7.49. The molecule has 2 rings (SSSR count). The SMILES string of the molecule is CC(C)(C)OC(=O)N1CCCC[C@H]1COCc1cnc(Cl)nc1Cl. The van der Waals surface area contributed by atoms with Gasteiger partial charge in [0.05, 0.1) is 19.3 Å². The minimum Gasteiger partial charge on any atom is -0.444 e. The summed E-state index contributed by atoms with van der Waals surface area (Å²) in [6, 6.07) is 0.000550. The van der Waals surface area contributed by atoms with E-state index in [9.17, 15) is 4.79 Å². The van der Waals surface area contributed by atoms with E-state index in [-0.39, 0.29) is 29.2 Å². The van der Waals surface area contributed by atoms with Crippen LogP contribution in [0.5, 0.6) is 0 Å². The van der Waals surface area contributed by atoms with Gasteiger partial charge in [0.25, 0.3) is 0 Å². The Morgan fingerprint density at radius 3 is 2.79 bits per heavy atom. The molecule has 1 aliphatic heterocycles. The fourth-order valence-corrected chi connectivity index (χ4v) is 2.86. The van der Waals surface area contributed by atoms with Gasteiger partial charge >= 0.3 is 6.09 Å². The number of aromatic nitrogens is 2. The van der Waals surface area contributed by atoms with Crippen molar-refractivity contribution >= 4 is 29.3 Å². The lowest BCUT2D eigenvalue weighted by Crippen LogP contribution is -2.48. The van der Waals surface area contributed by atoms with Crippen molar-refractivity contribution in [3.8, 4) is 0 Å². The molecule has 0 aliphatic carbocycles. The summed E-state index contributed by atoms with van der Waals surface area (Å²) in [7, 11) is 0. The van der Waals surface area contributed by atoms with E-state index in [1.165, 1.54) is 0 Å². The Labute approximate surface area is 152 Å². The second kappa shape index (κ2) is 8.32. The van der Waals surface area contributed by atoms with Crippen molar-refractivity contribution in [3.63, 3.8) is 0 Å². The number of hydrogen-bond donors (Lipinski definition) is 0. The van der Waals surface area contributed by atoms with Crippen LogP contribution in [0.2, 0.25) is 10.4 Å². The quantitative estimate of drug-likeness (QED) is 0.585. The highest BCUT2D eigenvalue weighted by Gasteiger charge is 2.30. The number of piperidine rings is 1. The average Bonchev–Trinajstić information content (AvgIpc) is 2.48. The molecule has 1 saturated heterocycles. The van der Waals surface area contributed by atoms with Crippen LogP contribution in [0, 0.1) is 0 Å². The van der Waals surface area contributed by atoms with Crippen LogP contribution in [0.1, 0.15) is 45.6 Å². The lowest BCUT2D eigenvalue weighted by atomic mass is 10.0. The van der Waals surface area contributed by atoms with E-state index in [1.807, 2.05) is 20.8 Å². The van der Waals surface area contributed by atoms with E-state index in [1.54, 1.807) is 11.1 Å². The summed E-state index contributed by atoms with van der Waals surface area (Å²) in [5, 5.41) is 0.384. The van der Waals surface area contributed by atoms with E-state index in [4.69, 9.17) is 32.7 Å². The Bertz CT molecular complexity index is 578. The van der Waals surface area contributed by atoms with Crippen LogP contribution < -0.4 is 0 Å². The third-order valence-corrected chi connectivity index (χ3v) is 4.11. The van der Waals surface area contributed by atoms with Crippen molar-refractivity contribution in [2.45, 2.75) is 58.3 Å². The number of halogens is 2. The summed E-state index contributed by atoms with van der Waals surface area (Å²) in [6.45, 7) is 6.97. The standard InChI is InChI=1S/C16H23Cl2N3O3/c1-16(2,3)24-15(22)21-7-5-4-6-12(21)10-23-9-11-8-19-14(18)20-13(11)17/h8,12H,4-7,9-10H2,1-3H3/t12-/m0/s1. The van der Waals surface area contributed by atoms with Gasteiger partial charge in [0.2, 0.25) is 5.28 Å². The Kier molecular flexibility index (Phi) is 6.66. The van der Waals surface area contributed by atoms with E-state index >= 15 is 0 Å². The average molecular weight is 376 g/mol. The van der Waals surface area contributed by atoms with Gasteiger partial charge in [0.1, 0.15) is 10.8 Å². The number of ether oxygens (including phenoxy) is 2. The normalized spacial score (nSPS) is 18.5. The van der Waals surface area contributed by atoms with Crippen LogP contribution in [0.3, 0.4) is 0 Å². The lowest BCUT2D eigenvalue weighted by Gasteiger charge is -2.36. The van der Waals surface area contributed by atoms with Gasteiger partial charge in [-0.3, -0.25) is 0 Å². The molecule has 0 aromatic carbocycles. The molecule has 1 aromatic rings. The van der Waals surface area contributed by atoms with Gasteiger partial charge in [0, 0.05) is 18.3 Å². The molecule has 0 bridgehead atoms. The molecule has 2 heterocycles. The molecule has 0 saturated carbocycles. The third-order valence-electron chi connectivity index (χ3n) is 3.61. The van der Waals surface area contributed by atoms with Gasteiger partial charge in [-0.05, 0) is 51.6 Å². The zero-order valence-electron chi connectivity index (χ0n) is 14.2. The molecule has 6 nitrogen and oxygen atoms in total. The van der Waals surface area contributed by atoms with E-state index in [0.29, 0.717) is 18.7 Å². The summed E-state index contributed by atoms with van der Waals surface area (Å²) in [5.41, 5.74) is 0.161. The first-order chi connectivity index (χ1) is 11.3. The Balaban J connectivity index is 1.90. The maximum Gasteiger partial charge on any atom is 0.410 e. The van der Waals surface area contributed by atoms with Crippen molar-refractivity contribution < 1.29 is 14.3 Å². The van der Waals surface area contributed by atoms with E-state index in [0.717, 1.165) is 19.3 Å². The fourth-order valence-electron chi connectivity index (χ4n) is 2.50. The molecule has 24 heavy (non-hydrogen) atoms. The smallest absolute Gasteiger partial charge is 0.410 e. The van der Waals surface area contributed by atoms with Gasteiger partial charge in [-0.2, -0.15) is 0 Å². The number of amides is 1. The van der Waals surface area contributed by atoms with Crippen molar-refractivity contribution in [1.82, 2.24) is 14.9 Å². The predicted octanol–water partition coefficient (Wildman–Crippen LogP) is 4.09. The van der Waals surface area contributed by atoms with Gasteiger partial charge in [0.15, 0.2) is 0 Å². The van der Waals surface area contributed by atoms with E-state index in [2.05, 4.69) is 9.97 Å². The van der Waals surface area contributed by atoms with Crippen molar-refractivity contribution in [2.75, 3.05) is 13.2 Å². The minimum atomic E-state index is -0.506. The zero-order chi connectivity index (χ0) is 17.7. The molecule has 0 N–H and O–H groups in total. The van der Waals surface area contributed by atoms with Crippen LogP contribution in [0.4, 0.5) is 4.79 Å². The summed E-state index contributed by atoms with van der Waals surface area (Å²) in [4.78, 5) is 21.9. The van der Waals surface area contributed by atoms with Crippen LogP contribution in [-0.2, 0) is 16.1 Å². The summed E-state index contributed by atoms with van der Waals surface area (Å²) in [6.07, 6.45) is 4.20. The fraction of sp³-hybridized carbons (Fsp3) is 0.688. The van der Waals surface area contributed by atoms with Gasteiger partial charge in [-0.15, -0.1) is 0 Å². The molecule has 1 atom stereocenters. The number of rotatable bonds is 4. The molecule has 1 aromatic heterocycles. The first kappa shape index (κ1) is 19.2. The predicted molar refractivity (Wildman–Crippen MR) is 92.3 cm³/mol. The first-order valence-corrected chi connectivity index (χ1v) is 8.76. The summed E-state index contributed by atoms with van der Waals surface area (Å²) in [5.74, 6) is 0. The lowest BCUT2D eigenvalue weighted by molar-refractivity contribution is -0.0100. The highest BCUT2D eigenvalue weighted by atomic mass is 35.5. The Morgan fingerprint density at radius 2 is 2.12 bits per heavy atom. The molecule has 0 radical (unpaired) electrons. The number of likely N-dealkylation sites (tertiary alicyclic amines) is 1. The summed E-state index contributed by atoms with van der Waals surface area (Å²) >= 11 is 11.7.